The van der Waals surface area contributed by atoms with E-state index in [0.717, 1.165) is 13.1 Å². The van der Waals surface area contributed by atoms with Gasteiger partial charge in [-0.3, -0.25) is 4.90 Å². The molecule has 0 heterocycles. The molecule has 0 spiro atoms. The number of hydrogen-bond donors (Lipinski definition) is 0. The summed E-state index contributed by atoms with van der Waals surface area (Å²) in [5.74, 6) is 0.495. The first-order valence-corrected chi connectivity index (χ1v) is 8.59. The lowest BCUT2D eigenvalue weighted by Crippen LogP contribution is -2.41. The van der Waals surface area contributed by atoms with Crippen LogP contribution < -0.4 is 0 Å². The minimum Gasteiger partial charge on any atom is -0.359 e. The third kappa shape index (κ3) is 6.08. The van der Waals surface area contributed by atoms with Gasteiger partial charge in [-0.15, -0.1) is 0 Å². The highest BCUT2D eigenvalue weighted by atomic mass is 16.7. The lowest BCUT2D eigenvalue weighted by molar-refractivity contribution is -0.0608. The number of benzene rings is 2. The zero-order valence-corrected chi connectivity index (χ0v) is 15.0. The predicted molar refractivity (Wildman–Crippen MR) is 98.6 cm³/mol. The largest absolute Gasteiger partial charge is 0.359 e. The van der Waals surface area contributed by atoms with Crippen LogP contribution in [0.5, 0.6) is 0 Å². The van der Waals surface area contributed by atoms with Gasteiger partial charge in [0, 0.05) is 26.2 Å². The molecule has 0 fully saturated rings. The van der Waals surface area contributed by atoms with Crippen molar-refractivity contribution in [1.29, 1.82) is 0 Å². The molecular weight excluding hydrogens is 298 g/mol. The van der Waals surface area contributed by atoms with Crippen molar-refractivity contribution >= 4 is 0 Å². The molecule has 0 amide bonds. The van der Waals surface area contributed by atoms with Gasteiger partial charge in [-0.05, 0) is 17.0 Å². The summed E-state index contributed by atoms with van der Waals surface area (Å²) in [5, 5.41) is 0. The minimum atomic E-state index is 0.334. The molecule has 24 heavy (non-hydrogen) atoms. The molecule has 0 saturated heterocycles. The lowest BCUT2D eigenvalue weighted by atomic mass is 10.0. The van der Waals surface area contributed by atoms with E-state index in [1.54, 1.807) is 7.11 Å². The van der Waals surface area contributed by atoms with E-state index in [9.17, 15) is 0 Å². The average Bonchev–Trinajstić information content (AvgIpc) is 2.60. The first-order valence-electron chi connectivity index (χ1n) is 8.59. The van der Waals surface area contributed by atoms with Crippen LogP contribution in [0.1, 0.15) is 25.0 Å². The molecule has 0 aliphatic heterocycles. The summed E-state index contributed by atoms with van der Waals surface area (Å²) in [5.41, 5.74) is 2.65. The van der Waals surface area contributed by atoms with Gasteiger partial charge in [-0.2, -0.15) is 0 Å². The second-order valence-corrected chi connectivity index (χ2v) is 6.46. The van der Waals surface area contributed by atoms with Gasteiger partial charge in [0.25, 0.3) is 0 Å². The van der Waals surface area contributed by atoms with Crippen LogP contribution in [0.2, 0.25) is 0 Å². The fourth-order valence-corrected chi connectivity index (χ4v) is 2.90. The zero-order valence-electron chi connectivity index (χ0n) is 15.0. The van der Waals surface area contributed by atoms with E-state index in [4.69, 9.17) is 9.47 Å². The van der Waals surface area contributed by atoms with Crippen LogP contribution in [0.3, 0.4) is 0 Å². The van der Waals surface area contributed by atoms with Crippen LogP contribution >= 0.6 is 0 Å². The zero-order chi connectivity index (χ0) is 17.2. The Balaban J connectivity index is 2.15. The maximum atomic E-state index is 5.70. The van der Waals surface area contributed by atoms with E-state index in [1.165, 1.54) is 11.1 Å². The summed E-state index contributed by atoms with van der Waals surface area (Å²) >= 11 is 0. The molecule has 2 aromatic carbocycles. The summed E-state index contributed by atoms with van der Waals surface area (Å²) in [7, 11) is 1.66. The van der Waals surface area contributed by atoms with Crippen molar-refractivity contribution in [2.75, 3.05) is 20.5 Å². The van der Waals surface area contributed by atoms with Crippen molar-refractivity contribution in [2.45, 2.75) is 33.0 Å². The Morgan fingerprint density at radius 1 is 0.833 bits per heavy atom. The summed E-state index contributed by atoms with van der Waals surface area (Å²) < 4.78 is 10.7. The van der Waals surface area contributed by atoms with E-state index in [2.05, 4.69) is 79.4 Å². The van der Waals surface area contributed by atoms with Gasteiger partial charge in [-0.1, -0.05) is 74.5 Å². The van der Waals surface area contributed by atoms with Crippen LogP contribution in [-0.2, 0) is 22.6 Å². The van der Waals surface area contributed by atoms with Gasteiger partial charge in [-0.25, -0.2) is 0 Å². The molecule has 0 radical (unpaired) electrons. The van der Waals surface area contributed by atoms with Crippen molar-refractivity contribution in [3.63, 3.8) is 0 Å². The molecular formula is C21H29NO2. The maximum Gasteiger partial charge on any atom is 0.146 e. The summed E-state index contributed by atoms with van der Waals surface area (Å²) in [4.78, 5) is 2.50. The highest BCUT2D eigenvalue weighted by molar-refractivity contribution is 5.17. The Hall–Kier alpha value is -1.68. The standard InChI is InChI=1S/C21H29NO2/c1-18(2)21(16-24-17-23-3)22(14-19-10-6-4-7-11-19)15-20-12-8-5-9-13-20/h4-13,18,21H,14-17H2,1-3H3/t21-/m1/s1. The molecule has 1 atom stereocenters. The quantitative estimate of drug-likeness (QED) is 0.479. The number of rotatable bonds is 10. The summed E-state index contributed by atoms with van der Waals surface area (Å²) in [6.07, 6.45) is 0. The van der Waals surface area contributed by atoms with Crippen molar-refractivity contribution in [3.05, 3.63) is 71.8 Å². The maximum absolute atomic E-state index is 5.70. The van der Waals surface area contributed by atoms with Crippen LogP contribution in [0.4, 0.5) is 0 Å². The Morgan fingerprint density at radius 3 is 1.75 bits per heavy atom. The second-order valence-electron chi connectivity index (χ2n) is 6.46. The minimum absolute atomic E-state index is 0.334. The summed E-state index contributed by atoms with van der Waals surface area (Å²) in [6, 6.07) is 21.6. The summed E-state index contributed by atoms with van der Waals surface area (Å²) in [6.45, 7) is 7.34. The van der Waals surface area contributed by atoms with Gasteiger partial charge in [0.05, 0.1) is 6.61 Å². The first kappa shape index (κ1) is 18.7. The highest BCUT2D eigenvalue weighted by Gasteiger charge is 2.22. The number of hydrogen-bond acceptors (Lipinski definition) is 3. The van der Waals surface area contributed by atoms with E-state index >= 15 is 0 Å². The van der Waals surface area contributed by atoms with Crippen molar-refractivity contribution in [2.24, 2.45) is 5.92 Å². The van der Waals surface area contributed by atoms with Gasteiger partial charge >= 0.3 is 0 Å². The average molecular weight is 327 g/mol. The van der Waals surface area contributed by atoms with Crippen molar-refractivity contribution in [3.8, 4) is 0 Å². The first-order chi connectivity index (χ1) is 11.7. The smallest absolute Gasteiger partial charge is 0.146 e. The van der Waals surface area contributed by atoms with Crippen molar-refractivity contribution < 1.29 is 9.47 Å². The number of ether oxygens (including phenoxy) is 2. The molecule has 0 aromatic heterocycles. The molecule has 3 heteroatoms. The Bertz CT molecular complexity index is 515. The van der Waals surface area contributed by atoms with Gasteiger partial charge in [0.15, 0.2) is 0 Å². The SMILES string of the molecule is COCOC[C@H](C(C)C)N(Cc1ccccc1)Cc1ccccc1. The van der Waals surface area contributed by atoms with Gasteiger partial charge in [0.2, 0.25) is 0 Å². The third-order valence-corrected chi connectivity index (χ3v) is 4.19. The van der Waals surface area contributed by atoms with Crippen LogP contribution in [0, 0.1) is 5.92 Å². The molecule has 2 rings (SSSR count). The molecule has 2 aromatic rings. The molecule has 0 N–H and O–H groups in total. The Labute approximate surface area is 146 Å². The van der Waals surface area contributed by atoms with E-state index in [0.29, 0.717) is 25.4 Å². The van der Waals surface area contributed by atoms with Gasteiger partial charge < -0.3 is 9.47 Å². The lowest BCUT2D eigenvalue weighted by Gasteiger charge is -2.34. The van der Waals surface area contributed by atoms with Crippen LogP contribution in [-0.4, -0.2) is 31.5 Å². The monoisotopic (exact) mass is 327 g/mol. The predicted octanol–water partition coefficient (Wildman–Crippen LogP) is 4.33. The molecule has 0 aliphatic carbocycles. The van der Waals surface area contributed by atoms with Crippen molar-refractivity contribution in [1.82, 2.24) is 4.90 Å². The van der Waals surface area contributed by atoms with Gasteiger partial charge in [0.1, 0.15) is 6.79 Å². The highest BCUT2D eigenvalue weighted by Crippen LogP contribution is 2.19. The topological polar surface area (TPSA) is 21.7 Å². The third-order valence-electron chi connectivity index (χ3n) is 4.19. The number of methoxy groups -OCH3 is 1. The van der Waals surface area contributed by atoms with E-state index in [1.807, 2.05) is 0 Å². The fraction of sp³-hybridized carbons (Fsp3) is 0.429. The molecule has 0 bridgehead atoms. The molecule has 0 saturated carbocycles. The molecule has 0 aliphatic rings. The van der Waals surface area contributed by atoms with Crippen LogP contribution in [0.15, 0.2) is 60.7 Å². The fourth-order valence-electron chi connectivity index (χ4n) is 2.90. The Morgan fingerprint density at radius 2 is 1.33 bits per heavy atom. The van der Waals surface area contributed by atoms with Crippen LogP contribution in [0.25, 0.3) is 0 Å². The number of nitrogens with zero attached hydrogens (tertiary/aromatic N) is 1. The molecule has 0 unspecified atom stereocenters. The molecule has 130 valence electrons. The van der Waals surface area contributed by atoms with E-state index in [-0.39, 0.29) is 0 Å². The second kappa shape index (κ2) is 10.2. The normalized spacial score (nSPS) is 12.7. The molecule has 3 nitrogen and oxygen atoms in total. The van der Waals surface area contributed by atoms with E-state index < -0.39 is 0 Å². The Kier molecular flexibility index (Phi) is 7.96.